The Morgan fingerprint density at radius 2 is 1.41 bits per heavy atom. The Kier molecular flexibility index (Phi) is 19.2. The van der Waals surface area contributed by atoms with Gasteiger partial charge in [-0.15, -0.1) is 0 Å². The van der Waals surface area contributed by atoms with Gasteiger partial charge in [0.25, 0.3) is 0 Å². The molecule has 97 valence electrons. The van der Waals surface area contributed by atoms with Crippen molar-refractivity contribution in [2.24, 2.45) is 0 Å². The standard InChI is InChI=1S/C14H28NO.Na.H/c1-3-5-6-7-8-9-10-11-12-13-14(16)15-4-2;;/h2-13H2,1H3,(H,15,16);;. The van der Waals surface area contributed by atoms with Crippen LogP contribution in [0.5, 0.6) is 0 Å². The van der Waals surface area contributed by atoms with Crippen LogP contribution in [0.15, 0.2) is 0 Å². The second kappa shape index (κ2) is 16.5. The molecule has 0 aliphatic heterocycles. The van der Waals surface area contributed by atoms with Crippen molar-refractivity contribution in [3.05, 3.63) is 6.92 Å². The van der Waals surface area contributed by atoms with E-state index in [2.05, 4.69) is 19.2 Å². The van der Waals surface area contributed by atoms with Crippen LogP contribution in [-0.2, 0) is 4.79 Å². The third-order valence-electron chi connectivity index (χ3n) is 2.83. The fourth-order valence-electron chi connectivity index (χ4n) is 1.82. The maximum absolute atomic E-state index is 11.1. The van der Waals surface area contributed by atoms with Crippen LogP contribution >= 0.6 is 0 Å². The molecule has 0 unspecified atom stereocenters. The minimum atomic E-state index is 0. The SMILES string of the molecule is [CH2]CNC(=O)CCCCCCCCCCC.[NaH]. The molecule has 0 aliphatic carbocycles. The zero-order valence-corrected chi connectivity index (χ0v) is 10.9. The van der Waals surface area contributed by atoms with Gasteiger partial charge >= 0.3 is 29.6 Å². The van der Waals surface area contributed by atoms with Gasteiger partial charge in [0.15, 0.2) is 0 Å². The van der Waals surface area contributed by atoms with Gasteiger partial charge in [-0.3, -0.25) is 4.79 Å². The number of carbonyl (C=O) groups is 1. The van der Waals surface area contributed by atoms with Crippen molar-refractivity contribution in [3.8, 4) is 0 Å². The number of hydrogen-bond acceptors (Lipinski definition) is 1. The zero-order chi connectivity index (χ0) is 12.1. The summed E-state index contributed by atoms with van der Waals surface area (Å²) in [6.45, 7) is 6.34. The van der Waals surface area contributed by atoms with Crippen molar-refractivity contribution in [3.63, 3.8) is 0 Å². The molecular formula is C14H29NNaO. The van der Waals surface area contributed by atoms with Crippen molar-refractivity contribution in [1.82, 2.24) is 5.32 Å². The van der Waals surface area contributed by atoms with E-state index in [0.29, 0.717) is 13.0 Å². The molecule has 0 aromatic rings. The maximum atomic E-state index is 11.1. The fourth-order valence-corrected chi connectivity index (χ4v) is 1.82. The summed E-state index contributed by atoms with van der Waals surface area (Å²) in [4.78, 5) is 11.1. The number of hydrogen-bond donors (Lipinski definition) is 1. The van der Waals surface area contributed by atoms with Crippen LogP contribution in [0.1, 0.15) is 71.1 Å². The quantitative estimate of drug-likeness (QED) is 0.443. The average Bonchev–Trinajstić information content (AvgIpc) is 2.27. The second-order valence-electron chi connectivity index (χ2n) is 4.43. The fraction of sp³-hybridized carbons (Fsp3) is 0.857. The zero-order valence-electron chi connectivity index (χ0n) is 10.9. The Labute approximate surface area is 130 Å². The molecule has 0 aromatic heterocycles. The summed E-state index contributed by atoms with van der Waals surface area (Å²) in [5.41, 5.74) is 0. The predicted molar refractivity (Wildman–Crippen MR) is 77.4 cm³/mol. The number of unbranched alkanes of at least 4 members (excludes halogenated alkanes) is 8. The number of nitrogens with one attached hydrogen (secondary N) is 1. The molecule has 0 saturated heterocycles. The summed E-state index contributed by atoms with van der Waals surface area (Å²) in [5.74, 6) is 0.151. The van der Waals surface area contributed by atoms with Gasteiger partial charge in [-0.25, -0.2) is 0 Å². The Morgan fingerprint density at radius 3 is 1.88 bits per heavy atom. The Hall–Kier alpha value is 0.470. The molecule has 1 radical (unpaired) electrons. The molecule has 3 heteroatoms. The van der Waals surface area contributed by atoms with Gasteiger partial charge in [-0.2, -0.15) is 0 Å². The molecule has 0 spiro atoms. The average molecular weight is 250 g/mol. The molecular weight excluding hydrogens is 221 g/mol. The van der Waals surface area contributed by atoms with E-state index in [9.17, 15) is 4.79 Å². The molecule has 0 rings (SSSR count). The number of amides is 1. The number of carbonyl (C=O) groups excluding carboxylic acids is 1. The van der Waals surface area contributed by atoms with E-state index in [4.69, 9.17) is 0 Å². The van der Waals surface area contributed by atoms with Crippen molar-refractivity contribution in [2.75, 3.05) is 6.54 Å². The van der Waals surface area contributed by atoms with Crippen LogP contribution in [0, 0.1) is 6.92 Å². The van der Waals surface area contributed by atoms with E-state index in [1.54, 1.807) is 0 Å². The molecule has 0 atom stereocenters. The van der Waals surface area contributed by atoms with E-state index in [1.807, 2.05) is 0 Å². The monoisotopic (exact) mass is 250 g/mol. The van der Waals surface area contributed by atoms with Crippen molar-refractivity contribution in [2.45, 2.75) is 71.1 Å². The number of rotatable bonds is 11. The van der Waals surface area contributed by atoms with E-state index >= 15 is 0 Å². The molecule has 0 heterocycles. The van der Waals surface area contributed by atoms with E-state index < -0.39 is 0 Å². The first-order valence-electron chi connectivity index (χ1n) is 6.87. The van der Waals surface area contributed by atoms with Crippen molar-refractivity contribution < 1.29 is 4.79 Å². The first-order valence-corrected chi connectivity index (χ1v) is 6.87. The van der Waals surface area contributed by atoms with Gasteiger partial charge in [0.1, 0.15) is 0 Å². The van der Waals surface area contributed by atoms with Crippen molar-refractivity contribution in [1.29, 1.82) is 0 Å². The van der Waals surface area contributed by atoms with Crippen LogP contribution in [-0.4, -0.2) is 42.0 Å². The summed E-state index contributed by atoms with van der Waals surface area (Å²) >= 11 is 0. The first-order chi connectivity index (χ1) is 7.81. The van der Waals surface area contributed by atoms with E-state index in [0.717, 1.165) is 6.42 Å². The Bertz CT molecular complexity index is 162. The Balaban J connectivity index is 0. The van der Waals surface area contributed by atoms with Gasteiger partial charge in [0.2, 0.25) is 5.91 Å². The van der Waals surface area contributed by atoms with Crippen molar-refractivity contribution >= 4 is 35.5 Å². The normalized spacial score (nSPS) is 9.76. The molecule has 0 bridgehead atoms. The summed E-state index contributed by atoms with van der Waals surface area (Å²) in [6.07, 6.45) is 12.4. The summed E-state index contributed by atoms with van der Waals surface area (Å²) in [6, 6.07) is 0. The van der Waals surface area contributed by atoms with Gasteiger partial charge in [-0.1, -0.05) is 58.3 Å². The molecule has 17 heavy (non-hydrogen) atoms. The first kappa shape index (κ1) is 19.8. The Morgan fingerprint density at radius 1 is 0.941 bits per heavy atom. The molecule has 1 amide bonds. The minimum absolute atomic E-state index is 0. The molecule has 1 N–H and O–H groups in total. The second-order valence-corrected chi connectivity index (χ2v) is 4.43. The van der Waals surface area contributed by atoms with Gasteiger partial charge in [0.05, 0.1) is 0 Å². The van der Waals surface area contributed by atoms with E-state index in [1.165, 1.54) is 51.4 Å². The molecule has 0 aromatic carbocycles. The van der Waals surface area contributed by atoms with Gasteiger partial charge in [0, 0.05) is 13.0 Å². The van der Waals surface area contributed by atoms with Crippen LogP contribution in [0.2, 0.25) is 0 Å². The predicted octanol–water partition coefficient (Wildman–Crippen LogP) is 3.21. The molecule has 0 saturated carbocycles. The topological polar surface area (TPSA) is 29.1 Å². The summed E-state index contributed by atoms with van der Waals surface area (Å²) in [5, 5.41) is 2.72. The molecule has 0 aliphatic rings. The third kappa shape index (κ3) is 16.5. The third-order valence-corrected chi connectivity index (χ3v) is 2.83. The van der Waals surface area contributed by atoms with E-state index in [-0.39, 0.29) is 35.5 Å². The summed E-state index contributed by atoms with van der Waals surface area (Å²) in [7, 11) is 0. The van der Waals surface area contributed by atoms with Gasteiger partial charge in [-0.05, 0) is 13.3 Å². The molecule has 0 fully saturated rings. The molecule has 2 nitrogen and oxygen atoms in total. The van der Waals surface area contributed by atoms with Gasteiger partial charge < -0.3 is 5.32 Å². The van der Waals surface area contributed by atoms with Crippen LogP contribution in [0.25, 0.3) is 0 Å². The van der Waals surface area contributed by atoms with Crippen LogP contribution < -0.4 is 5.32 Å². The van der Waals surface area contributed by atoms with Crippen LogP contribution in [0.3, 0.4) is 0 Å². The van der Waals surface area contributed by atoms with Crippen LogP contribution in [0.4, 0.5) is 0 Å². The summed E-state index contributed by atoms with van der Waals surface area (Å²) < 4.78 is 0.